The van der Waals surface area contributed by atoms with Crippen LogP contribution in [0.15, 0.2) is 66.1 Å². The summed E-state index contributed by atoms with van der Waals surface area (Å²) in [5, 5.41) is 0. The highest BCUT2D eigenvalue weighted by atomic mass is 32.2. The molecule has 3 rings (SSSR count). The molecule has 0 bridgehead atoms. The van der Waals surface area contributed by atoms with E-state index in [2.05, 4.69) is 63.0 Å². The molecular weight excluding hydrogens is 358 g/mol. The van der Waals surface area contributed by atoms with E-state index in [9.17, 15) is 8.42 Å². The molecule has 140 valence electrons. The summed E-state index contributed by atoms with van der Waals surface area (Å²) in [6.07, 6.45) is 18.7. The van der Waals surface area contributed by atoms with Gasteiger partial charge in [0.1, 0.15) is 5.69 Å². The highest BCUT2D eigenvalue weighted by Crippen LogP contribution is 2.23. The minimum absolute atomic E-state index is 0.438. The molecule has 1 aliphatic heterocycles. The third-order valence-corrected chi connectivity index (χ3v) is 4.80. The summed E-state index contributed by atoms with van der Waals surface area (Å²) in [6, 6.07) is 3.37. The Morgan fingerprint density at radius 1 is 1.26 bits per heavy atom. The maximum atomic E-state index is 11.2. The fourth-order valence-corrected chi connectivity index (χ4v) is 3.41. The van der Waals surface area contributed by atoms with E-state index in [4.69, 9.17) is 0 Å². The number of aromatic nitrogens is 1. The lowest BCUT2D eigenvalue weighted by molar-refractivity contribution is 0.420. The Morgan fingerprint density at radius 3 is 2.78 bits per heavy atom. The number of hydrogen-bond acceptors (Lipinski definition) is 4. The monoisotopic (exact) mass is 381 g/mol. The Morgan fingerprint density at radius 2 is 2.15 bits per heavy atom. The number of sulfonamides is 1. The van der Waals surface area contributed by atoms with Crippen molar-refractivity contribution in [2.45, 2.75) is 19.3 Å². The summed E-state index contributed by atoms with van der Waals surface area (Å²) in [4.78, 5) is 6.40. The molecule has 0 saturated carbocycles. The van der Waals surface area contributed by atoms with Gasteiger partial charge in [0, 0.05) is 19.5 Å². The Labute approximate surface area is 161 Å². The van der Waals surface area contributed by atoms with Crippen molar-refractivity contribution in [2.24, 2.45) is 0 Å². The largest absolute Gasteiger partial charge is 0.373 e. The second-order valence-corrected chi connectivity index (χ2v) is 8.22. The number of anilines is 1. The highest BCUT2D eigenvalue weighted by molar-refractivity contribution is 7.92. The van der Waals surface area contributed by atoms with Gasteiger partial charge >= 0.3 is 0 Å². The fourth-order valence-electron chi connectivity index (χ4n) is 2.86. The van der Waals surface area contributed by atoms with Gasteiger partial charge in [0.25, 0.3) is 0 Å². The molecule has 27 heavy (non-hydrogen) atoms. The predicted octanol–water partition coefficient (Wildman–Crippen LogP) is 3.23. The van der Waals surface area contributed by atoms with Gasteiger partial charge in [0.15, 0.2) is 0 Å². The van der Waals surface area contributed by atoms with E-state index in [-0.39, 0.29) is 0 Å². The van der Waals surface area contributed by atoms with Gasteiger partial charge < -0.3 is 4.90 Å². The van der Waals surface area contributed by atoms with Crippen molar-refractivity contribution < 1.29 is 8.42 Å². The molecule has 1 aliphatic carbocycles. The molecule has 2 aliphatic rings. The van der Waals surface area contributed by atoms with Crippen molar-refractivity contribution >= 4 is 15.7 Å². The third-order valence-electron chi connectivity index (χ3n) is 4.19. The normalized spacial score (nSPS) is 16.3. The maximum Gasteiger partial charge on any atom is 0.229 e. The number of hydrogen-bond donors (Lipinski definition) is 1. The fraction of sp³-hybridized carbons (Fsp3) is 0.286. The predicted molar refractivity (Wildman–Crippen MR) is 109 cm³/mol. The van der Waals surface area contributed by atoms with Crippen molar-refractivity contribution in [1.29, 1.82) is 0 Å². The first-order chi connectivity index (χ1) is 13.0. The first-order valence-corrected chi connectivity index (χ1v) is 10.8. The molecule has 0 radical (unpaired) electrons. The van der Waals surface area contributed by atoms with E-state index in [1.807, 2.05) is 0 Å². The SMILES string of the molecule is CS(=O)(=O)Nc1ccc(C#CCCN2C=CC(C3=CCC=CC3)=CC2)nc1. The second kappa shape index (κ2) is 8.74. The Hall–Kier alpha value is -2.78. The average molecular weight is 382 g/mol. The topological polar surface area (TPSA) is 62.3 Å². The highest BCUT2D eigenvalue weighted by Gasteiger charge is 2.08. The molecule has 0 unspecified atom stereocenters. The zero-order chi connectivity index (χ0) is 19.1. The quantitative estimate of drug-likeness (QED) is 0.628. The summed E-state index contributed by atoms with van der Waals surface area (Å²) in [5.74, 6) is 6.14. The minimum Gasteiger partial charge on any atom is -0.373 e. The molecule has 0 saturated heterocycles. The molecular formula is C21H23N3O2S. The van der Waals surface area contributed by atoms with E-state index in [0.29, 0.717) is 11.4 Å². The molecule has 5 nitrogen and oxygen atoms in total. The Balaban J connectivity index is 1.45. The summed E-state index contributed by atoms with van der Waals surface area (Å²) >= 11 is 0. The van der Waals surface area contributed by atoms with E-state index in [0.717, 1.165) is 38.6 Å². The van der Waals surface area contributed by atoms with Crippen molar-refractivity contribution in [3.05, 3.63) is 71.7 Å². The number of allylic oxidation sites excluding steroid dienone is 6. The van der Waals surface area contributed by atoms with Gasteiger partial charge in [-0.3, -0.25) is 4.72 Å². The number of nitrogens with zero attached hydrogens (tertiary/aromatic N) is 2. The van der Waals surface area contributed by atoms with Crippen LogP contribution in [0.25, 0.3) is 0 Å². The standard InChI is InChI=1S/C21H23N3O2S/c1-27(25,26)23-21-11-10-20(22-17-21)9-5-6-14-24-15-12-19(13-16-24)18-7-3-2-4-8-18/h2-3,8,10-13,15,17,23H,4,6-7,14,16H2,1H3. The van der Waals surface area contributed by atoms with Crippen LogP contribution >= 0.6 is 0 Å². The Kier molecular flexibility index (Phi) is 6.15. The van der Waals surface area contributed by atoms with Crippen LogP contribution in [-0.2, 0) is 10.0 Å². The molecule has 1 aromatic heterocycles. The first-order valence-electron chi connectivity index (χ1n) is 8.89. The minimum atomic E-state index is -3.28. The molecule has 0 fully saturated rings. The van der Waals surface area contributed by atoms with Crippen LogP contribution in [0.1, 0.15) is 25.0 Å². The van der Waals surface area contributed by atoms with E-state index in [1.54, 1.807) is 12.1 Å². The lowest BCUT2D eigenvalue weighted by Crippen LogP contribution is -2.21. The van der Waals surface area contributed by atoms with Crippen LogP contribution in [0.5, 0.6) is 0 Å². The Bertz CT molecular complexity index is 959. The molecule has 1 aromatic rings. The molecule has 0 spiro atoms. The lowest BCUT2D eigenvalue weighted by Gasteiger charge is -2.23. The van der Waals surface area contributed by atoms with Crippen molar-refractivity contribution in [1.82, 2.24) is 9.88 Å². The van der Waals surface area contributed by atoms with Crippen LogP contribution < -0.4 is 4.72 Å². The van der Waals surface area contributed by atoms with E-state index in [1.165, 1.54) is 17.3 Å². The summed E-state index contributed by atoms with van der Waals surface area (Å²) in [6.45, 7) is 1.76. The molecule has 2 heterocycles. The van der Waals surface area contributed by atoms with E-state index < -0.39 is 10.0 Å². The van der Waals surface area contributed by atoms with Gasteiger partial charge in [-0.15, -0.1) is 0 Å². The maximum absolute atomic E-state index is 11.2. The molecule has 0 amide bonds. The molecule has 0 aromatic carbocycles. The zero-order valence-electron chi connectivity index (χ0n) is 15.4. The van der Waals surface area contributed by atoms with Crippen molar-refractivity contribution in [3.63, 3.8) is 0 Å². The van der Waals surface area contributed by atoms with Crippen LogP contribution in [0.4, 0.5) is 5.69 Å². The van der Waals surface area contributed by atoms with Crippen molar-refractivity contribution in [3.8, 4) is 11.8 Å². The van der Waals surface area contributed by atoms with Gasteiger partial charge in [-0.1, -0.05) is 30.2 Å². The number of nitrogens with one attached hydrogen (secondary N) is 1. The van der Waals surface area contributed by atoms with Gasteiger partial charge in [-0.2, -0.15) is 0 Å². The first kappa shape index (κ1) is 19.0. The van der Waals surface area contributed by atoms with Gasteiger partial charge in [-0.25, -0.2) is 13.4 Å². The summed E-state index contributed by atoms with van der Waals surface area (Å²) in [5.41, 5.74) is 3.80. The number of pyridine rings is 1. The molecule has 0 atom stereocenters. The average Bonchev–Trinajstić information content (AvgIpc) is 2.66. The summed E-state index contributed by atoms with van der Waals surface area (Å²) < 4.78 is 24.7. The zero-order valence-corrected chi connectivity index (χ0v) is 16.2. The van der Waals surface area contributed by atoms with Crippen LogP contribution in [0, 0.1) is 11.8 Å². The second-order valence-electron chi connectivity index (χ2n) is 6.47. The smallest absolute Gasteiger partial charge is 0.229 e. The van der Waals surface area contributed by atoms with Crippen molar-refractivity contribution in [2.75, 3.05) is 24.1 Å². The summed E-state index contributed by atoms with van der Waals surface area (Å²) in [7, 11) is -3.28. The lowest BCUT2D eigenvalue weighted by atomic mass is 9.96. The van der Waals surface area contributed by atoms with Gasteiger partial charge in [0.05, 0.1) is 18.1 Å². The van der Waals surface area contributed by atoms with Crippen LogP contribution in [-0.4, -0.2) is 37.6 Å². The number of rotatable bonds is 5. The third kappa shape index (κ3) is 6.15. The van der Waals surface area contributed by atoms with Crippen LogP contribution in [0.2, 0.25) is 0 Å². The molecule has 1 N–H and O–H groups in total. The van der Waals surface area contributed by atoms with Crippen LogP contribution in [0.3, 0.4) is 0 Å². The van der Waals surface area contributed by atoms with E-state index >= 15 is 0 Å². The molecule has 6 heteroatoms. The van der Waals surface area contributed by atoms with Gasteiger partial charge in [-0.05, 0) is 54.3 Å². The van der Waals surface area contributed by atoms with Gasteiger partial charge in [0.2, 0.25) is 10.0 Å².